The van der Waals surface area contributed by atoms with Crippen LogP contribution in [0.25, 0.3) is 11.1 Å². The summed E-state index contributed by atoms with van der Waals surface area (Å²) < 4.78 is 5.58. The Kier molecular flexibility index (Phi) is 3.70. The average Bonchev–Trinajstić information content (AvgIpc) is 3.06. The highest BCUT2D eigenvalue weighted by molar-refractivity contribution is 8.00. The van der Waals surface area contributed by atoms with E-state index >= 15 is 0 Å². The maximum absolute atomic E-state index is 12.0. The number of benzene rings is 1. The summed E-state index contributed by atoms with van der Waals surface area (Å²) in [7, 11) is 0. The predicted molar refractivity (Wildman–Crippen MR) is 80.1 cm³/mol. The van der Waals surface area contributed by atoms with E-state index in [1.807, 2.05) is 36.6 Å². The van der Waals surface area contributed by atoms with Crippen LogP contribution in [-0.2, 0) is 4.79 Å². The molecule has 1 amide bonds. The molecule has 0 saturated heterocycles. The molecule has 102 valence electrons. The Hall–Kier alpha value is -1.86. The molecule has 0 saturated carbocycles. The summed E-state index contributed by atoms with van der Waals surface area (Å²) in [4.78, 5) is 20.3. The first-order valence-electron chi connectivity index (χ1n) is 5.95. The molecule has 2 aromatic heterocycles. The van der Waals surface area contributed by atoms with Crippen LogP contribution in [0.15, 0.2) is 45.5 Å². The Labute approximate surface area is 123 Å². The number of fused-ring (bicyclic) bond motifs is 1. The highest BCUT2D eigenvalue weighted by Crippen LogP contribution is 2.27. The summed E-state index contributed by atoms with van der Waals surface area (Å²) in [5.74, 6) is -0.118. The largest absolute Gasteiger partial charge is 0.431 e. The number of thiazole rings is 1. The van der Waals surface area contributed by atoms with Gasteiger partial charge in [-0.25, -0.2) is 9.97 Å². The monoisotopic (exact) mass is 305 g/mol. The number of amides is 1. The van der Waals surface area contributed by atoms with Gasteiger partial charge in [-0.3, -0.25) is 4.79 Å². The molecular formula is C13H11N3O2S2. The van der Waals surface area contributed by atoms with Crippen molar-refractivity contribution in [2.75, 3.05) is 5.32 Å². The van der Waals surface area contributed by atoms with Gasteiger partial charge in [-0.1, -0.05) is 23.9 Å². The quantitative estimate of drug-likeness (QED) is 0.748. The zero-order chi connectivity index (χ0) is 13.9. The molecule has 0 aliphatic rings. The fourth-order valence-electron chi connectivity index (χ4n) is 1.60. The molecular weight excluding hydrogens is 294 g/mol. The summed E-state index contributed by atoms with van der Waals surface area (Å²) in [6, 6.07) is 7.52. The van der Waals surface area contributed by atoms with Crippen LogP contribution in [0.3, 0.4) is 0 Å². The van der Waals surface area contributed by atoms with Gasteiger partial charge in [-0.2, -0.15) is 0 Å². The first-order chi connectivity index (χ1) is 9.72. The summed E-state index contributed by atoms with van der Waals surface area (Å²) in [5, 5.41) is 5.35. The number of para-hydroxylation sites is 2. The molecule has 20 heavy (non-hydrogen) atoms. The fraction of sp³-hybridized carbons (Fsp3) is 0.154. The van der Waals surface area contributed by atoms with Crippen molar-refractivity contribution in [2.45, 2.75) is 17.4 Å². The standard InChI is InChI=1S/C13H11N3O2S2/c1-8(11(17)16-12-14-6-7-19-12)20-13-15-9-4-2-3-5-10(9)18-13/h2-8H,1H3,(H,14,16,17)/t8-/m1/s1. The summed E-state index contributed by atoms with van der Waals surface area (Å²) >= 11 is 2.67. The van der Waals surface area contributed by atoms with E-state index in [9.17, 15) is 4.79 Å². The number of aromatic nitrogens is 2. The van der Waals surface area contributed by atoms with E-state index < -0.39 is 0 Å². The van der Waals surface area contributed by atoms with E-state index in [2.05, 4.69) is 15.3 Å². The molecule has 1 N–H and O–H groups in total. The van der Waals surface area contributed by atoms with Crippen molar-refractivity contribution in [3.63, 3.8) is 0 Å². The lowest BCUT2D eigenvalue weighted by atomic mass is 10.3. The van der Waals surface area contributed by atoms with E-state index in [0.717, 1.165) is 11.1 Å². The van der Waals surface area contributed by atoms with Gasteiger partial charge in [0, 0.05) is 11.6 Å². The molecule has 0 spiro atoms. The van der Waals surface area contributed by atoms with Gasteiger partial charge in [0.2, 0.25) is 5.91 Å². The molecule has 3 rings (SSSR count). The topological polar surface area (TPSA) is 68.0 Å². The van der Waals surface area contributed by atoms with E-state index in [-0.39, 0.29) is 11.2 Å². The van der Waals surface area contributed by atoms with Gasteiger partial charge >= 0.3 is 0 Å². The molecule has 0 fully saturated rings. The van der Waals surface area contributed by atoms with E-state index in [0.29, 0.717) is 10.4 Å². The number of rotatable bonds is 4. The van der Waals surface area contributed by atoms with Crippen LogP contribution in [0.4, 0.5) is 5.13 Å². The second kappa shape index (κ2) is 5.64. The fourth-order valence-corrected chi connectivity index (χ4v) is 2.89. The highest BCUT2D eigenvalue weighted by Gasteiger charge is 2.18. The zero-order valence-corrected chi connectivity index (χ0v) is 12.2. The lowest BCUT2D eigenvalue weighted by Crippen LogP contribution is -2.22. The first-order valence-corrected chi connectivity index (χ1v) is 7.71. The maximum atomic E-state index is 12.0. The number of carbonyl (C=O) groups is 1. The SMILES string of the molecule is C[C@@H](Sc1nc2ccccc2o1)C(=O)Nc1nccs1. The number of oxazole rings is 1. The molecule has 1 aromatic carbocycles. The molecule has 0 unspecified atom stereocenters. The number of hydrogen-bond donors (Lipinski definition) is 1. The summed E-state index contributed by atoms with van der Waals surface area (Å²) in [6.07, 6.45) is 1.65. The number of thioether (sulfide) groups is 1. The predicted octanol–water partition coefficient (Wildman–Crippen LogP) is 3.40. The molecule has 5 nitrogen and oxygen atoms in total. The van der Waals surface area contributed by atoms with Gasteiger partial charge in [0.1, 0.15) is 5.52 Å². The van der Waals surface area contributed by atoms with Crippen LogP contribution in [0.1, 0.15) is 6.92 Å². The molecule has 3 aromatic rings. The van der Waals surface area contributed by atoms with Gasteiger partial charge in [0.25, 0.3) is 5.22 Å². The third kappa shape index (κ3) is 2.83. The van der Waals surface area contributed by atoms with Crippen molar-refractivity contribution in [3.8, 4) is 0 Å². The Bertz CT molecular complexity index is 691. The van der Waals surface area contributed by atoms with Crippen molar-refractivity contribution < 1.29 is 9.21 Å². The molecule has 2 heterocycles. The molecule has 0 radical (unpaired) electrons. The van der Waals surface area contributed by atoms with Crippen LogP contribution >= 0.6 is 23.1 Å². The molecule has 0 aliphatic heterocycles. The van der Waals surface area contributed by atoms with Crippen LogP contribution in [-0.4, -0.2) is 21.1 Å². The summed E-state index contributed by atoms with van der Waals surface area (Å²) in [6.45, 7) is 1.81. The van der Waals surface area contributed by atoms with Crippen molar-refractivity contribution in [1.82, 2.24) is 9.97 Å². The average molecular weight is 305 g/mol. The Morgan fingerprint density at radius 2 is 2.30 bits per heavy atom. The number of nitrogens with one attached hydrogen (secondary N) is 1. The molecule has 1 atom stereocenters. The van der Waals surface area contributed by atoms with Crippen LogP contribution < -0.4 is 5.32 Å². The first kappa shape index (κ1) is 13.1. The maximum Gasteiger partial charge on any atom is 0.257 e. The van der Waals surface area contributed by atoms with E-state index in [1.165, 1.54) is 23.1 Å². The van der Waals surface area contributed by atoms with Gasteiger partial charge < -0.3 is 9.73 Å². The van der Waals surface area contributed by atoms with Crippen molar-refractivity contribution in [2.24, 2.45) is 0 Å². The highest BCUT2D eigenvalue weighted by atomic mass is 32.2. The molecule has 7 heteroatoms. The second-order valence-electron chi connectivity index (χ2n) is 4.03. The van der Waals surface area contributed by atoms with Crippen molar-refractivity contribution in [3.05, 3.63) is 35.8 Å². The van der Waals surface area contributed by atoms with Gasteiger partial charge in [-0.05, 0) is 19.1 Å². The van der Waals surface area contributed by atoms with Crippen LogP contribution in [0.2, 0.25) is 0 Å². The van der Waals surface area contributed by atoms with Gasteiger partial charge in [0.05, 0.1) is 5.25 Å². The van der Waals surface area contributed by atoms with Gasteiger partial charge in [-0.15, -0.1) is 11.3 Å². The molecule has 0 bridgehead atoms. The van der Waals surface area contributed by atoms with E-state index in [1.54, 1.807) is 6.20 Å². The second-order valence-corrected chi connectivity index (χ2v) is 6.22. The minimum absolute atomic E-state index is 0.118. The number of carbonyl (C=O) groups excluding carboxylic acids is 1. The Balaban J connectivity index is 1.68. The lowest BCUT2D eigenvalue weighted by molar-refractivity contribution is -0.115. The summed E-state index contributed by atoms with van der Waals surface area (Å²) in [5.41, 5.74) is 1.52. The third-order valence-corrected chi connectivity index (χ3v) is 4.22. The minimum atomic E-state index is -0.313. The normalized spacial score (nSPS) is 12.4. The van der Waals surface area contributed by atoms with Gasteiger partial charge in [0.15, 0.2) is 10.7 Å². The smallest absolute Gasteiger partial charge is 0.257 e. The minimum Gasteiger partial charge on any atom is -0.431 e. The Morgan fingerprint density at radius 1 is 1.45 bits per heavy atom. The zero-order valence-electron chi connectivity index (χ0n) is 10.6. The van der Waals surface area contributed by atoms with Crippen LogP contribution in [0, 0.1) is 0 Å². The molecule has 0 aliphatic carbocycles. The number of nitrogens with zero attached hydrogens (tertiary/aromatic N) is 2. The lowest BCUT2D eigenvalue weighted by Gasteiger charge is -2.07. The van der Waals surface area contributed by atoms with Crippen molar-refractivity contribution >= 4 is 45.2 Å². The van der Waals surface area contributed by atoms with Crippen LogP contribution in [0.5, 0.6) is 0 Å². The van der Waals surface area contributed by atoms with Crippen molar-refractivity contribution in [1.29, 1.82) is 0 Å². The number of hydrogen-bond acceptors (Lipinski definition) is 6. The third-order valence-electron chi connectivity index (χ3n) is 2.58. The Morgan fingerprint density at radius 3 is 3.05 bits per heavy atom. The van der Waals surface area contributed by atoms with E-state index in [4.69, 9.17) is 4.42 Å². The number of anilines is 1.